The summed E-state index contributed by atoms with van der Waals surface area (Å²) in [5.41, 5.74) is 8.52. The first-order valence-corrected chi connectivity index (χ1v) is 12.9. The minimum absolute atomic E-state index is 0.000804. The van der Waals surface area contributed by atoms with Crippen LogP contribution >= 0.6 is 0 Å². The van der Waals surface area contributed by atoms with Crippen molar-refractivity contribution in [3.63, 3.8) is 0 Å². The molecule has 1 saturated carbocycles. The standard InChI is InChI=1S/C29H34FN5/c30-25-4-1-3-24(15-25)29(20-32,27-5-2-6-28(27)33)23-11-13-34(14-12-23)17-22-18-35(19-22)26-9-7-21(16-31)8-10-26/h1,3-4,7-10,15,22-23,27-28H,2,5-6,11-14,17-19,33H2/t27-,28-,29-/m0/s1. The van der Waals surface area contributed by atoms with Gasteiger partial charge in [0.05, 0.1) is 23.1 Å². The number of anilines is 1. The van der Waals surface area contributed by atoms with Crippen molar-refractivity contribution in [3.8, 4) is 12.1 Å². The highest BCUT2D eigenvalue weighted by atomic mass is 19.1. The summed E-state index contributed by atoms with van der Waals surface area (Å²) in [6.45, 7) is 5.09. The number of likely N-dealkylation sites (tertiary alicyclic amines) is 1. The van der Waals surface area contributed by atoms with Gasteiger partial charge in [0.25, 0.3) is 0 Å². The van der Waals surface area contributed by atoms with E-state index in [9.17, 15) is 9.65 Å². The molecular weight excluding hydrogens is 437 g/mol. The molecule has 182 valence electrons. The third kappa shape index (κ3) is 4.54. The van der Waals surface area contributed by atoms with Crippen LogP contribution in [0, 0.1) is 46.2 Å². The molecule has 0 aromatic heterocycles. The minimum Gasteiger partial charge on any atom is -0.371 e. The Hall–Kier alpha value is -2.93. The highest BCUT2D eigenvalue weighted by Crippen LogP contribution is 2.49. The number of nitriles is 2. The number of benzene rings is 2. The minimum atomic E-state index is -0.715. The fraction of sp³-hybridized carbons (Fsp3) is 0.517. The second kappa shape index (κ2) is 9.97. The number of nitrogens with zero attached hydrogens (tertiary/aromatic N) is 4. The van der Waals surface area contributed by atoms with Crippen LogP contribution < -0.4 is 10.6 Å². The molecule has 1 aliphatic carbocycles. The van der Waals surface area contributed by atoms with E-state index < -0.39 is 5.41 Å². The van der Waals surface area contributed by atoms with Gasteiger partial charge in [-0.3, -0.25) is 0 Å². The van der Waals surface area contributed by atoms with Gasteiger partial charge in [-0.1, -0.05) is 18.6 Å². The van der Waals surface area contributed by atoms with E-state index in [1.165, 1.54) is 11.8 Å². The quantitative estimate of drug-likeness (QED) is 0.674. The lowest BCUT2D eigenvalue weighted by Crippen LogP contribution is -2.54. The Bertz CT molecular complexity index is 1110. The monoisotopic (exact) mass is 471 g/mol. The molecule has 0 radical (unpaired) electrons. The third-order valence-electron chi connectivity index (χ3n) is 8.71. The predicted molar refractivity (Wildman–Crippen MR) is 135 cm³/mol. The van der Waals surface area contributed by atoms with E-state index in [0.29, 0.717) is 11.5 Å². The molecular formula is C29H34FN5. The molecule has 2 aromatic rings. The normalized spacial score (nSPS) is 25.4. The number of nitrogens with two attached hydrogens (primary N) is 1. The Balaban J connectivity index is 1.22. The molecule has 6 heteroatoms. The lowest BCUT2D eigenvalue weighted by Gasteiger charge is -2.47. The number of hydrogen-bond acceptors (Lipinski definition) is 5. The summed E-state index contributed by atoms with van der Waals surface area (Å²) >= 11 is 0. The van der Waals surface area contributed by atoms with Crippen LogP contribution in [0.5, 0.6) is 0 Å². The number of hydrogen-bond donors (Lipinski definition) is 1. The molecule has 5 rings (SSSR count). The topological polar surface area (TPSA) is 80.1 Å². The van der Waals surface area contributed by atoms with Crippen molar-refractivity contribution in [2.75, 3.05) is 37.6 Å². The van der Waals surface area contributed by atoms with Gasteiger partial charge in [-0.15, -0.1) is 0 Å². The largest absolute Gasteiger partial charge is 0.371 e. The smallest absolute Gasteiger partial charge is 0.123 e. The Kier molecular flexibility index (Phi) is 6.78. The summed E-state index contributed by atoms with van der Waals surface area (Å²) in [6, 6.07) is 19.4. The van der Waals surface area contributed by atoms with E-state index in [0.717, 1.165) is 70.4 Å². The number of halogens is 1. The zero-order valence-electron chi connectivity index (χ0n) is 20.2. The molecule has 3 fully saturated rings. The Morgan fingerprint density at radius 1 is 1.00 bits per heavy atom. The van der Waals surface area contributed by atoms with Gasteiger partial charge in [-0.25, -0.2) is 4.39 Å². The van der Waals surface area contributed by atoms with Crippen molar-refractivity contribution in [2.24, 2.45) is 23.5 Å². The molecule has 0 amide bonds. The summed E-state index contributed by atoms with van der Waals surface area (Å²) < 4.78 is 14.3. The van der Waals surface area contributed by atoms with Crippen molar-refractivity contribution in [1.29, 1.82) is 10.5 Å². The average Bonchev–Trinajstić information content (AvgIpc) is 3.29. The summed E-state index contributed by atoms with van der Waals surface area (Å²) in [6.07, 6.45) is 4.82. The first-order valence-electron chi connectivity index (χ1n) is 12.9. The van der Waals surface area contributed by atoms with E-state index in [1.807, 2.05) is 30.3 Å². The second-order valence-corrected chi connectivity index (χ2v) is 10.7. The molecule has 2 N–H and O–H groups in total. The van der Waals surface area contributed by atoms with Gasteiger partial charge < -0.3 is 15.5 Å². The highest BCUT2D eigenvalue weighted by molar-refractivity contribution is 5.51. The molecule has 0 bridgehead atoms. The number of rotatable bonds is 6. The maximum Gasteiger partial charge on any atom is 0.123 e. The summed E-state index contributed by atoms with van der Waals surface area (Å²) in [5.74, 6) is 0.632. The van der Waals surface area contributed by atoms with Crippen molar-refractivity contribution < 1.29 is 4.39 Å². The molecule has 3 atom stereocenters. The average molecular weight is 472 g/mol. The Morgan fingerprint density at radius 3 is 2.34 bits per heavy atom. The van der Waals surface area contributed by atoms with Gasteiger partial charge in [-0.05, 0) is 92.6 Å². The fourth-order valence-corrected chi connectivity index (χ4v) is 6.87. The van der Waals surface area contributed by atoms with Crippen molar-refractivity contribution in [2.45, 2.75) is 43.6 Å². The zero-order valence-corrected chi connectivity index (χ0v) is 20.2. The van der Waals surface area contributed by atoms with E-state index >= 15 is 0 Å². The molecule has 5 nitrogen and oxygen atoms in total. The van der Waals surface area contributed by atoms with Crippen LogP contribution in [-0.2, 0) is 5.41 Å². The predicted octanol–water partition coefficient (Wildman–Crippen LogP) is 4.43. The first-order chi connectivity index (χ1) is 17.0. The van der Waals surface area contributed by atoms with Gasteiger partial charge in [0, 0.05) is 37.3 Å². The van der Waals surface area contributed by atoms with E-state index in [2.05, 4.69) is 21.9 Å². The molecule has 35 heavy (non-hydrogen) atoms. The van der Waals surface area contributed by atoms with Crippen LogP contribution in [0.4, 0.5) is 10.1 Å². The first kappa shape index (κ1) is 23.8. The van der Waals surface area contributed by atoms with E-state index in [4.69, 9.17) is 11.0 Å². The van der Waals surface area contributed by atoms with E-state index in [1.54, 1.807) is 12.1 Å². The summed E-state index contributed by atoms with van der Waals surface area (Å²) in [5, 5.41) is 19.6. The summed E-state index contributed by atoms with van der Waals surface area (Å²) in [7, 11) is 0. The molecule has 2 saturated heterocycles. The van der Waals surface area contributed by atoms with Crippen LogP contribution in [-0.4, -0.2) is 43.7 Å². The lowest BCUT2D eigenvalue weighted by molar-refractivity contribution is 0.0991. The zero-order chi connectivity index (χ0) is 24.4. The van der Waals surface area contributed by atoms with Gasteiger partial charge in [-0.2, -0.15) is 10.5 Å². The van der Waals surface area contributed by atoms with Crippen LogP contribution in [0.2, 0.25) is 0 Å². The molecule has 2 heterocycles. The van der Waals surface area contributed by atoms with Crippen molar-refractivity contribution in [3.05, 3.63) is 65.5 Å². The van der Waals surface area contributed by atoms with E-state index in [-0.39, 0.29) is 23.7 Å². The lowest BCUT2D eigenvalue weighted by atomic mass is 9.59. The second-order valence-electron chi connectivity index (χ2n) is 10.7. The summed E-state index contributed by atoms with van der Waals surface area (Å²) in [4.78, 5) is 4.91. The van der Waals surface area contributed by atoms with Crippen molar-refractivity contribution >= 4 is 5.69 Å². The maximum atomic E-state index is 14.3. The fourth-order valence-electron chi connectivity index (χ4n) is 6.87. The number of piperidine rings is 1. The molecule has 3 aliphatic rings. The van der Waals surface area contributed by atoms with Crippen molar-refractivity contribution in [1.82, 2.24) is 4.90 Å². The molecule has 2 aliphatic heterocycles. The Morgan fingerprint density at radius 2 is 1.74 bits per heavy atom. The molecule has 2 aromatic carbocycles. The molecule has 0 spiro atoms. The SMILES string of the molecule is N#Cc1ccc(N2CC(CN3CCC([C@@](C#N)(c4cccc(F)c4)[C@H]4CCC[C@@H]4N)CC3)C2)cc1. The maximum absolute atomic E-state index is 14.3. The van der Waals surface area contributed by atoms with Gasteiger partial charge in [0.15, 0.2) is 0 Å². The van der Waals surface area contributed by atoms with Gasteiger partial charge in [0.1, 0.15) is 5.82 Å². The van der Waals surface area contributed by atoms with Crippen LogP contribution in [0.3, 0.4) is 0 Å². The third-order valence-corrected chi connectivity index (χ3v) is 8.71. The van der Waals surface area contributed by atoms with Gasteiger partial charge >= 0.3 is 0 Å². The Labute approximate surface area is 207 Å². The van der Waals surface area contributed by atoms with Crippen LogP contribution in [0.1, 0.15) is 43.2 Å². The van der Waals surface area contributed by atoms with Crippen LogP contribution in [0.25, 0.3) is 0 Å². The van der Waals surface area contributed by atoms with Crippen LogP contribution in [0.15, 0.2) is 48.5 Å². The highest BCUT2D eigenvalue weighted by Gasteiger charge is 2.51. The van der Waals surface area contributed by atoms with Gasteiger partial charge in [0.2, 0.25) is 0 Å². The molecule has 0 unspecified atom stereocenters.